The predicted molar refractivity (Wildman–Crippen MR) is 81.8 cm³/mol. The van der Waals surface area contributed by atoms with E-state index >= 15 is 0 Å². The van der Waals surface area contributed by atoms with Crippen LogP contribution in [0, 0.1) is 3.57 Å². The van der Waals surface area contributed by atoms with Gasteiger partial charge in [-0.25, -0.2) is 0 Å². The highest BCUT2D eigenvalue weighted by Crippen LogP contribution is 2.22. The molecule has 0 saturated heterocycles. The van der Waals surface area contributed by atoms with Crippen molar-refractivity contribution in [2.45, 2.75) is 4.90 Å². The molecule has 0 aliphatic rings. The zero-order valence-corrected chi connectivity index (χ0v) is 13.1. The molecule has 0 bridgehead atoms. The average molecular weight is 389 g/mol. The smallest absolute Gasteiger partial charge is 0.286 e. The van der Waals surface area contributed by atoms with Crippen molar-refractivity contribution in [1.82, 2.24) is 0 Å². The molecule has 19 heavy (non-hydrogen) atoms. The molecule has 0 spiro atoms. The molecule has 0 heterocycles. The second kappa shape index (κ2) is 6.25. The third kappa shape index (κ3) is 3.84. The first-order valence-corrected chi connectivity index (χ1v) is 8.91. The molecule has 100 valence electrons. The van der Waals surface area contributed by atoms with Crippen LogP contribution in [0.5, 0.6) is 5.75 Å². The van der Waals surface area contributed by atoms with Gasteiger partial charge in [0.1, 0.15) is 5.75 Å². The summed E-state index contributed by atoms with van der Waals surface area (Å²) >= 11 is -0.895. The summed E-state index contributed by atoms with van der Waals surface area (Å²) in [5, 5.41) is 0. The Balaban J connectivity index is 2.25. The Morgan fingerprint density at radius 3 is 2.21 bits per heavy atom. The van der Waals surface area contributed by atoms with E-state index in [4.69, 9.17) is 4.74 Å². The van der Waals surface area contributed by atoms with Crippen LogP contribution < -0.4 is 4.74 Å². The Kier molecular flexibility index (Phi) is 4.65. The highest BCUT2D eigenvalue weighted by atomic mass is 127. The Labute approximate surface area is 122 Å². The van der Waals surface area contributed by atoms with E-state index in [0.29, 0.717) is 5.75 Å². The highest BCUT2D eigenvalue weighted by Gasteiger charge is 2.11. The van der Waals surface area contributed by atoms with E-state index in [0.717, 1.165) is 3.57 Å². The van der Waals surface area contributed by atoms with E-state index in [1.165, 1.54) is 19.2 Å². The second-order valence-corrected chi connectivity index (χ2v) is 8.07. The number of benzene rings is 2. The SMILES string of the molecule is COc1ccc(S(=O)(=O)/N=I/c2ccccc2)cc1. The first-order chi connectivity index (χ1) is 9.12. The predicted octanol–water partition coefficient (Wildman–Crippen LogP) is 3.41. The number of sulfonamides is 1. The summed E-state index contributed by atoms with van der Waals surface area (Å²) in [5.41, 5.74) is 0. The molecule has 2 aromatic rings. The molecular formula is C13H12INO3S. The summed E-state index contributed by atoms with van der Waals surface area (Å²) in [6.45, 7) is 0. The van der Waals surface area contributed by atoms with E-state index in [9.17, 15) is 8.42 Å². The topological polar surface area (TPSA) is 55.7 Å². The van der Waals surface area contributed by atoms with Crippen LogP contribution in [-0.4, -0.2) is 15.5 Å². The van der Waals surface area contributed by atoms with Crippen molar-refractivity contribution < 1.29 is 13.2 Å². The lowest BCUT2D eigenvalue weighted by molar-refractivity contribution is 0.414. The van der Waals surface area contributed by atoms with Gasteiger partial charge in [0.05, 0.1) is 12.0 Å². The Morgan fingerprint density at radius 1 is 1.00 bits per heavy atom. The molecule has 0 amide bonds. The molecule has 0 N–H and O–H groups in total. The monoisotopic (exact) mass is 389 g/mol. The van der Waals surface area contributed by atoms with Gasteiger partial charge in [-0.2, -0.15) is 8.42 Å². The Bertz CT molecular complexity index is 667. The van der Waals surface area contributed by atoms with Crippen LogP contribution in [0.3, 0.4) is 0 Å². The molecule has 0 fully saturated rings. The van der Waals surface area contributed by atoms with Gasteiger partial charge in [0, 0.05) is 24.6 Å². The molecule has 6 heteroatoms. The molecule has 0 aliphatic carbocycles. The number of halogens is 1. The van der Waals surface area contributed by atoms with Crippen molar-refractivity contribution in [3.05, 3.63) is 58.2 Å². The summed E-state index contributed by atoms with van der Waals surface area (Å²) in [4.78, 5) is 0.198. The van der Waals surface area contributed by atoms with E-state index in [1.54, 1.807) is 12.1 Å². The van der Waals surface area contributed by atoms with Crippen LogP contribution in [-0.2, 0) is 10.0 Å². The summed E-state index contributed by atoms with van der Waals surface area (Å²) in [7, 11) is -2.03. The van der Waals surface area contributed by atoms with Crippen LogP contribution in [0.2, 0.25) is 0 Å². The largest absolute Gasteiger partial charge is 0.497 e. The fraction of sp³-hybridized carbons (Fsp3) is 0.0769. The maximum atomic E-state index is 12.0. The number of methoxy groups -OCH3 is 1. The molecule has 0 radical (unpaired) electrons. The van der Waals surface area contributed by atoms with Crippen LogP contribution in [0.1, 0.15) is 0 Å². The van der Waals surface area contributed by atoms with Crippen LogP contribution in [0.15, 0.2) is 62.0 Å². The standard InChI is InChI=1S/C13H12INO3S/c1-18-12-7-9-13(10-8-12)19(16,17)15-14-11-5-3-2-4-6-11/h2-10H,1H3. The molecule has 0 aliphatic heterocycles. The van der Waals surface area contributed by atoms with E-state index in [2.05, 4.69) is 2.55 Å². The van der Waals surface area contributed by atoms with E-state index in [-0.39, 0.29) is 4.90 Å². The average Bonchev–Trinajstić information content (AvgIpc) is 2.46. The minimum absolute atomic E-state index is 0.198. The molecule has 2 aromatic carbocycles. The van der Waals surface area contributed by atoms with Gasteiger partial charge >= 0.3 is 0 Å². The van der Waals surface area contributed by atoms with Gasteiger partial charge in [-0.05, 0) is 36.4 Å². The minimum atomic E-state index is -3.57. The Morgan fingerprint density at radius 2 is 1.63 bits per heavy atom. The summed E-state index contributed by atoms with van der Waals surface area (Å²) in [6, 6.07) is 15.7. The minimum Gasteiger partial charge on any atom is -0.497 e. The van der Waals surface area contributed by atoms with Crippen molar-refractivity contribution in [3.8, 4) is 5.75 Å². The third-order valence-corrected chi connectivity index (χ3v) is 6.85. The van der Waals surface area contributed by atoms with Crippen LogP contribution >= 0.6 is 21.0 Å². The van der Waals surface area contributed by atoms with Crippen LogP contribution in [0.25, 0.3) is 0 Å². The maximum Gasteiger partial charge on any atom is 0.286 e. The molecule has 0 aromatic heterocycles. The normalized spacial score (nSPS) is 12.1. The van der Waals surface area contributed by atoms with Crippen molar-refractivity contribution >= 4 is 31.1 Å². The molecular weight excluding hydrogens is 377 g/mol. The fourth-order valence-electron chi connectivity index (χ4n) is 1.34. The number of hydrogen-bond acceptors (Lipinski definition) is 3. The maximum absolute atomic E-state index is 12.0. The zero-order valence-electron chi connectivity index (χ0n) is 10.2. The molecule has 0 saturated carbocycles. The van der Waals surface area contributed by atoms with Gasteiger partial charge in [0.2, 0.25) is 0 Å². The summed E-state index contributed by atoms with van der Waals surface area (Å²) < 4.78 is 33.9. The van der Waals surface area contributed by atoms with Crippen molar-refractivity contribution in [1.29, 1.82) is 0 Å². The molecule has 4 nitrogen and oxygen atoms in total. The van der Waals surface area contributed by atoms with Gasteiger partial charge in [-0.3, -0.25) is 0 Å². The van der Waals surface area contributed by atoms with Crippen molar-refractivity contribution in [2.24, 2.45) is 2.55 Å². The Hall–Kier alpha value is -1.28. The number of nitrogens with zero attached hydrogens (tertiary/aromatic N) is 1. The fourth-order valence-corrected chi connectivity index (χ4v) is 4.95. The lowest BCUT2D eigenvalue weighted by atomic mass is 10.3. The lowest BCUT2D eigenvalue weighted by Gasteiger charge is -2.01. The summed E-state index contributed by atoms with van der Waals surface area (Å²) in [5.74, 6) is 0.622. The van der Waals surface area contributed by atoms with Gasteiger partial charge in [0.25, 0.3) is 10.0 Å². The third-order valence-electron chi connectivity index (χ3n) is 2.31. The zero-order chi connectivity index (χ0) is 13.7. The number of rotatable bonds is 4. The van der Waals surface area contributed by atoms with Crippen molar-refractivity contribution in [3.63, 3.8) is 0 Å². The van der Waals surface area contributed by atoms with Gasteiger partial charge in [0.15, 0.2) is 0 Å². The molecule has 0 atom stereocenters. The van der Waals surface area contributed by atoms with Gasteiger partial charge in [-0.15, -0.1) is 2.55 Å². The number of ether oxygens (including phenoxy) is 1. The lowest BCUT2D eigenvalue weighted by Crippen LogP contribution is -1.94. The van der Waals surface area contributed by atoms with E-state index < -0.39 is 31.1 Å². The highest BCUT2D eigenvalue weighted by molar-refractivity contribution is 14.2. The summed E-state index contributed by atoms with van der Waals surface area (Å²) in [6.07, 6.45) is 0. The van der Waals surface area contributed by atoms with E-state index in [1.807, 2.05) is 30.3 Å². The van der Waals surface area contributed by atoms with Gasteiger partial charge < -0.3 is 4.74 Å². The second-order valence-electron chi connectivity index (χ2n) is 3.60. The van der Waals surface area contributed by atoms with Crippen LogP contribution in [0.4, 0.5) is 0 Å². The van der Waals surface area contributed by atoms with Gasteiger partial charge in [-0.1, -0.05) is 18.2 Å². The van der Waals surface area contributed by atoms with Crippen molar-refractivity contribution in [2.75, 3.05) is 7.11 Å². The quantitative estimate of drug-likeness (QED) is 0.754. The number of hydrogen-bond donors (Lipinski definition) is 0. The molecule has 0 unspecified atom stereocenters. The first-order valence-electron chi connectivity index (χ1n) is 5.42. The first kappa shape index (κ1) is 14.1. The molecule has 2 rings (SSSR count).